The van der Waals surface area contributed by atoms with Crippen LogP contribution in [0.4, 0.5) is 0 Å². The summed E-state index contributed by atoms with van der Waals surface area (Å²) in [7, 11) is 3.17. The van der Waals surface area contributed by atoms with Gasteiger partial charge in [0, 0.05) is 26.8 Å². The molecule has 0 aliphatic carbocycles. The lowest BCUT2D eigenvalue weighted by Gasteiger charge is -2.32. The Morgan fingerprint density at radius 2 is 1.82 bits per heavy atom. The van der Waals surface area contributed by atoms with Gasteiger partial charge < -0.3 is 20.1 Å². The van der Waals surface area contributed by atoms with Gasteiger partial charge in [-0.1, -0.05) is 13.8 Å². The van der Waals surface area contributed by atoms with Gasteiger partial charge in [0.25, 0.3) is 0 Å². The monoisotopic (exact) mass is 246 g/mol. The molecule has 0 aromatic rings. The molecule has 0 spiro atoms. The minimum atomic E-state index is -0.586. The summed E-state index contributed by atoms with van der Waals surface area (Å²) < 4.78 is 9.96. The third-order valence-corrected chi connectivity index (χ3v) is 2.87. The number of nitrogens with zero attached hydrogens (tertiary/aromatic N) is 1. The second kappa shape index (κ2) is 9.39. The van der Waals surface area contributed by atoms with Crippen molar-refractivity contribution in [1.29, 1.82) is 0 Å². The summed E-state index contributed by atoms with van der Waals surface area (Å²) in [5, 5.41) is 0. The molecule has 1 amide bonds. The summed E-state index contributed by atoms with van der Waals surface area (Å²) >= 11 is 0. The normalized spacial score (nSPS) is 12.8. The minimum absolute atomic E-state index is 0.0578. The summed E-state index contributed by atoms with van der Waals surface area (Å²) in [6, 6.07) is -0.363. The Bertz CT molecular complexity index is 208. The van der Waals surface area contributed by atoms with Gasteiger partial charge in [0.1, 0.15) is 6.04 Å². The number of carbonyl (C=O) groups excluding carboxylic acids is 1. The summed E-state index contributed by atoms with van der Waals surface area (Å²) in [4.78, 5) is 14.0. The highest BCUT2D eigenvalue weighted by atomic mass is 16.5. The van der Waals surface area contributed by atoms with Crippen LogP contribution in [0.25, 0.3) is 0 Å². The number of carbonyl (C=O) groups is 1. The molecule has 1 unspecified atom stereocenters. The van der Waals surface area contributed by atoms with Crippen LogP contribution in [-0.4, -0.2) is 56.9 Å². The fourth-order valence-electron chi connectivity index (χ4n) is 1.86. The molecule has 0 fully saturated rings. The highest BCUT2D eigenvalue weighted by Crippen LogP contribution is 2.10. The molecule has 0 bridgehead atoms. The van der Waals surface area contributed by atoms with Gasteiger partial charge in [-0.05, 0) is 12.8 Å². The first-order chi connectivity index (χ1) is 8.12. The molecule has 0 saturated heterocycles. The van der Waals surface area contributed by atoms with E-state index in [1.54, 1.807) is 14.2 Å². The largest absolute Gasteiger partial charge is 0.383 e. The topological polar surface area (TPSA) is 64.8 Å². The van der Waals surface area contributed by atoms with Crippen LogP contribution in [0, 0.1) is 0 Å². The SMILES string of the molecule is CCC(CC)N(CCOC)C(=O)C(N)COC. The van der Waals surface area contributed by atoms with Crippen LogP contribution in [-0.2, 0) is 14.3 Å². The number of hydrogen-bond acceptors (Lipinski definition) is 4. The lowest BCUT2D eigenvalue weighted by molar-refractivity contribution is -0.137. The molecule has 0 heterocycles. The Balaban J connectivity index is 4.58. The first-order valence-electron chi connectivity index (χ1n) is 6.16. The molecule has 2 N–H and O–H groups in total. The van der Waals surface area contributed by atoms with Gasteiger partial charge >= 0.3 is 0 Å². The maximum atomic E-state index is 12.2. The molecule has 0 aliphatic rings. The fraction of sp³-hybridized carbons (Fsp3) is 0.917. The van der Waals surface area contributed by atoms with E-state index in [9.17, 15) is 4.79 Å². The summed E-state index contributed by atoms with van der Waals surface area (Å²) in [5.74, 6) is -0.0578. The maximum Gasteiger partial charge on any atom is 0.242 e. The lowest BCUT2D eigenvalue weighted by atomic mass is 10.1. The van der Waals surface area contributed by atoms with Crippen LogP contribution in [0.2, 0.25) is 0 Å². The van der Waals surface area contributed by atoms with Gasteiger partial charge in [-0.3, -0.25) is 4.79 Å². The average molecular weight is 246 g/mol. The van der Waals surface area contributed by atoms with Crippen molar-refractivity contribution in [2.45, 2.75) is 38.8 Å². The van der Waals surface area contributed by atoms with Gasteiger partial charge in [0.2, 0.25) is 5.91 Å². The van der Waals surface area contributed by atoms with E-state index < -0.39 is 6.04 Å². The summed E-state index contributed by atoms with van der Waals surface area (Å²) in [5.41, 5.74) is 5.79. The van der Waals surface area contributed by atoms with Crippen molar-refractivity contribution in [2.75, 3.05) is 34.0 Å². The van der Waals surface area contributed by atoms with Crippen LogP contribution >= 0.6 is 0 Å². The lowest BCUT2D eigenvalue weighted by Crippen LogP contribution is -2.51. The van der Waals surface area contributed by atoms with Gasteiger partial charge in [0.15, 0.2) is 0 Å². The van der Waals surface area contributed by atoms with Crippen molar-refractivity contribution in [1.82, 2.24) is 4.90 Å². The number of rotatable bonds is 9. The smallest absolute Gasteiger partial charge is 0.242 e. The summed E-state index contributed by atoms with van der Waals surface area (Å²) in [6.07, 6.45) is 1.84. The first kappa shape index (κ1) is 16.4. The number of ether oxygens (including phenoxy) is 2. The van der Waals surface area contributed by atoms with E-state index in [1.807, 2.05) is 4.90 Å². The quantitative estimate of drug-likeness (QED) is 0.648. The molecule has 0 rings (SSSR count). The van der Waals surface area contributed by atoms with Crippen LogP contribution in [0.3, 0.4) is 0 Å². The molecular formula is C12H26N2O3. The van der Waals surface area contributed by atoms with Gasteiger partial charge in [-0.15, -0.1) is 0 Å². The van der Waals surface area contributed by atoms with E-state index in [2.05, 4.69) is 13.8 Å². The number of methoxy groups -OCH3 is 2. The Kier molecular flexibility index (Phi) is 9.03. The predicted octanol–water partition coefficient (Wildman–Crippen LogP) is 0.624. The second-order valence-electron chi connectivity index (χ2n) is 4.06. The van der Waals surface area contributed by atoms with Crippen LogP contribution in [0.1, 0.15) is 26.7 Å². The fourth-order valence-corrected chi connectivity index (χ4v) is 1.86. The van der Waals surface area contributed by atoms with Crippen molar-refractivity contribution in [2.24, 2.45) is 5.73 Å². The van der Waals surface area contributed by atoms with E-state index >= 15 is 0 Å². The van der Waals surface area contributed by atoms with Crippen molar-refractivity contribution in [3.8, 4) is 0 Å². The summed E-state index contributed by atoms with van der Waals surface area (Å²) in [6.45, 7) is 5.51. The second-order valence-corrected chi connectivity index (χ2v) is 4.06. The molecule has 0 aromatic carbocycles. The Morgan fingerprint density at radius 1 is 1.24 bits per heavy atom. The first-order valence-corrected chi connectivity index (χ1v) is 6.16. The molecule has 17 heavy (non-hydrogen) atoms. The van der Waals surface area contributed by atoms with Crippen LogP contribution in [0.15, 0.2) is 0 Å². The van der Waals surface area contributed by atoms with Crippen molar-refractivity contribution in [3.05, 3.63) is 0 Å². The number of amides is 1. The van der Waals surface area contributed by atoms with E-state index in [1.165, 1.54) is 0 Å². The molecule has 102 valence electrons. The number of nitrogens with two attached hydrogens (primary N) is 1. The third kappa shape index (κ3) is 5.48. The zero-order valence-corrected chi connectivity index (χ0v) is 11.4. The molecule has 0 aliphatic heterocycles. The maximum absolute atomic E-state index is 12.2. The molecule has 0 aromatic heterocycles. The zero-order chi connectivity index (χ0) is 13.3. The standard InChI is InChI=1S/C12H26N2O3/c1-5-10(6-2)14(7-8-16-3)12(15)11(13)9-17-4/h10-11H,5-9,13H2,1-4H3. The Morgan fingerprint density at radius 3 is 2.24 bits per heavy atom. The molecule has 0 saturated carbocycles. The van der Waals surface area contributed by atoms with Gasteiger partial charge in [-0.25, -0.2) is 0 Å². The van der Waals surface area contributed by atoms with E-state index in [-0.39, 0.29) is 18.6 Å². The average Bonchev–Trinajstić information content (AvgIpc) is 2.34. The van der Waals surface area contributed by atoms with E-state index in [0.717, 1.165) is 12.8 Å². The van der Waals surface area contributed by atoms with Crippen LogP contribution < -0.4 is 5.73 Å². The molecule has 5 nitrogen and oxygen atoms in total. The third-order valence-electron chi connectivity index (χ3n) is 2.87. The molecule has 1 atom stereocenters. The highest BCUT2D eigenvalue weighted by molar-refractivity contribution is 5.82. The van der Waals surface area contributed by atoms with Crippen molar-refractivity contribution in [3.63, 3.8) is 0 Å². The molecule has 5 heteroatoms. The molecule has 0 radical (unpaired) electrons. The predicted molar refractivity (Wildman–Crippen MR) is 67.8 cm³/mol. The Hall–Kier alpha value is -0.650. The van der Waals surface area contributed by atoms with E-state index in [0.29, 0.717) is 13.2 Å². The van der Waals surface area contributed by atoms with Crippen molar-refractivity contribution < 1.29 is 14.3 Å². The Labute approximate surface area is 104 Å². The van der Waals surface area contributed by atoms with Gasteiger partial charge in [-0.2, -0.15) is 0 Å². The zero-order valence-electron chi connectivity index (χ0n) is 11.4. The van der Waals surface area contributed by atoms with Gasteiger partial charge in [0.05, 0.1) is 13.2 Å². The highest BCUT2D eigenvalue weighted by Gasteiger charge is 2.25. The van der Waals surface area contributed by atoms with Crippen LogP contribution in [0.5, 0.6) is 0 Å². The van der Waals surface area contributed by atoms with Crippen molar-refractivity contribution >= 4 is 5.91 Å². The number of hydrogen-bond donors (Lipinski definition) is 1. The minimum Gasteiger partial charge on any atom is -0.383 e. The molecular weight excluding hydrogens is 220 g/mol. The van der Waals surface area contributed by atoms with E-state index in [4.69, 9.17) is 15.2 Å².